The Hall–Kier alpha value is -3.39. The maximum absolute atomic E-state index is 11.7. The van der Waals surface area contributed by atoms with Crippen LogP contribution in [0, 0.1) is 0 Å². The minimum absolute atomic E-state index is 0.157. The van der Waals surface area contributed by atoms with Crippen LogP contribution in [0.4, 0.5) is 16.2 Å². The minimum Gasteiger partial charge on any atom is -0.329 e. The number of hydrazone groups is 1. The van der Waals surface area contributed by atoms with E-state index >= 15 is 0 Å². The highest BCUT2D eigenvalue weighted by Crippen LogP contribution is 2.14. The summed E-state index contributed by atoms with van der Waals surface area (Å²) in [6, 6.07) is 13.0. The Morgan fingerprint density at radius 3 is 2.44 bits per heavy atom. The summed E-state index contributed by atoms with van der Waals surface area (Å²) < 4.78 is 0. The number of anilines is 2. The molecule has 4 N–H and O–H groups in total. The van der Waals surface area contributed by atoms with Crippen LogP contribution in [0.2, 0.25) is 5.02 Å². The average Bonchev–Trinajstić information content (AvgIpc) is 2.61. The monoisotopic (exact) mass is 387 g/mol. The molecule has 0 radical (unpaired) electrons. The van der Waals surface area contributed by atoms with E-state index in [1.165, 1.54) is 13.1 Å². The Bertz CT molecular complexity index is 852. The van der Waals surface area contributed by atoms with Crippen LogP contribution in [0.25, 0.3) is 0 Å². The summed E-state index contributed by atoms with van der Waals surface area (Å²) in [5.41, 5.74) is 4.22. The summed E-state index contributed by atoms with van der Waals surface area (Å²) in [6.45, 7) is 1.18. The van der Waals surface area contributed by atoms with Crippen molar-refractivity contribution in [1.82, 2.24) is 10.7 Å². The van der Waals surface area contributed by atoms with Crippen molar-refractivity contribution in [2.75, 3.05) is 17.2 Å². The topological polar surface area (TPSA) is 112 Å². The van der Waals surface area contributed by atoms with Crippen molar-refractivity contribution in [3.05, 3.63) is 59.1 Å². The molecule has 2 aromatic rings. The number of hydrogen-bond acceptors (Lipinski definition) is 4. The number of carbonyl (C=O) groups is 3. The van der Waals surface area contributed by atoms with E-state index in [0.717, 1.165) is 5.56 Å². The van der Waals surface area contributed by atoms with Gasteiger partial charge < -0.3 is 16.0 Å². The lowest BCUT2D eigenvalue weighted by Crippen LogP contribution is -2.37. The average molecular weight is 388 g/mol. The standard InChI is InChI=1S/C18H18ClN5O3/c1-12(25)22-15-7-5-13(6-8-15)10-21-24-17(26)11-20-18(27)23-16-4-2-3-14(19)9-16/h2-10H,11H2,1H3,(H,22,25)(H,24,26)(H2,20,23,27). The van der Waals surface area contributed by atoms with Gasteiger partial charge in [0.1, 0.15) is 6.54 Å². The molecule has 0 saturated carbocycles. The molecule has 0 bridgehead atoms. The molecule has 0 atom stereocenters. The lowest BCUT2D eigenvalue weighted by Gasteiger charge is -2.07. The molecule has 0 aliphatic rings. The van der Waals surface area contributed by atoms with E-state index < -0.39 is 11.9 Å². The van der Waals surface area contributed by atoms with E-state index in [9.17, 15) is 14.4 Å². The fourth-order valence-electron chi connectivity index (χ4n) is 1.98. The van der Waals surface area contributed by atoms with Crippen LogP contribution in [0.15, 0.2) is 53.6 Å². The third-order valence-electron chi connectivity index (χ3n) is 3.13. The van der Waals surface area contributed by atoms with Crippen molar-refractivity contribution >= 4 is 47.0 Å². The van der Waals surface area contributed by atoms with E-state index in [-0.39, 0.29) is 12.5 Å². The normalized spacial score (nSPS) is 10.3. The largest absolute Gasteiger partial charge is 0.329 e. The Morgan fingerprint density at radius 2 is 1.78 bits per heavy atom. The van der Waals surface area contributed by atoms with Crippen molar-refractivity contribution in [3.63, 3.8) is 0 Å². The van der Waals surface area contributed by atoms with E-state index in [0.29, 0.717) is 16.4 Å². The van der Waals surface area contributed by atoms with Crippen molar-refractivity contribution in [2.45, 2.75) is 6.92 Å². The number of urea groups is 1. The summed E-state index contributed by atoms with van der Waals surface area (Å²) in [5.74, 6) is -0.641. The van der Waals surface area contributed by atoms with Crippen molar-refractivity contribution in [2.24, 2.45) is 5.10 Å². The number of nitrogens with zero attached hydrogens (tertiary/aromatic N) is 1. The molecule has 0 aliphatic heterocycles. The van der Waals surface area contributed by atoms with Gasteiger partial charge in [-0.15, -0.1) is 0 Å². The molecule has 0 aromatic heterocycles. The molecular formula is C18H18ClN5O3. The minimum atomic E-state index is -0.537. The molecular weight excluding hydrogens is 370 g/mol. The zero-order valence-electron chi connectivity index (χ0n) is 14.5. The van der Waals surface area contributed by atoms with Gasteiger partial charge >= 0.3 is 6.03 Å². The first-order chi connectivity index (χ1) is 12.9. The van der Waals surface area contributed by atoms with Gasteiger partial charge in [0, 0.05) is 23.3 Å². The quantitative estimate of drug-likeness (QED) is 0.451. The van der Waals surface area contributed by atoms with Gasteiger partial charge in [0.05, 0.1) is 6.21 Å². The Labute approximate surface area is 161 Å². The van der Waals surface area contributed by atoms with Crippen LogP contribution in [-0.4, -0.2) is 30.6 Å². The first-order valence-electron chi connectivity index (χ1n) is 7.92. The molecule has 0 spiro atoms. The lowest BCUT2D eigenvalue weighted by molar-refractivity contribution is -0.120. The van der Waals surface area contributed by atoms with Crippen molar-refractivity contribution in [3.8, 4) is 0 Å². The second-order valence-electron chi connectivity index (χ2n) is 5.41. The maximum atomic E-state index is 11.7. The lowest BCUT2D eigenvalue weighted by atomic mass is 10.2. The molecule has 140 valence electrons. The molecule has 2 rings (SSSR count). The highest BCUT2D eigenvalue weighted by Gasteiger charge is 2.05. The SMILES string of the molecule is CC(=O)Nc1ccc(C=NNC(=O)CNC(=O)Nc2cccc(Cl)c2)cc1. The van der Waals surface area contributed by atoms with Crippen LogP contribution in [-0.2, 0) is 9.59 Å². The summed E-state index contributed by atoms with van der Waals surface area (Å²) in [4.78, 5) is 34.3. The van der Waals surface area contributed by atoms with E-state index in [1.807, 2.05) is 0 Å². The predicted molar refractivity (Wildman–Crippen MR) is 105 cm³/mol. The summed E-state index contributed by atoms with van der Waals surface area (Å²) in [6.07, 6.45) is 1.45. The van der Waals surface area contributed by atoms with Crippen molar-refractivity contribution < 1.29 is 14.4 Å². The van der Waals surface area contributed by atoms with Crippen LogP contribution < -0.4 is 21.4 Å². The molecule has 0 heterocycles. The van der Waals surface area contributed by atoms with Crippen LogP contribution in [0.1, 0.15) is 12.5 Å². The van der Waals surface area contributed by atoms with Crippen LogP contribution in [0.5, 0.6) is 0 Å². The zero-order valence-corrected chi connectivity index (χ0v) is 15.2. The smallest absolute Gasteiger partial charge is 0.319 e. The van der Waals surface area contributed by atoms with E-state index in [2.05, 4.69) is 26.5 Å². The van der Waals surface area contributed by atoms with Gasteiger partial charge in [-0.25, -0.2) is 10.2 Å². The third-order valence-corrected chi connectivity index (χ3v) is 3.36. The fourth-order valence-corrected chi connectivity index (χ4v) is 2.17. The fraction of sp³-hybridized carbons (Fsp3) is 0.111. The molecule has 4 amide bonds. The Kier molecular flexibility index (Phi) is 7.33. The van der Waals surface area contributed by atoms with E-state index in [4.69, 9.17) is 11.6 Å². The summed E-state index contributed by atoms with van der Waals surface area (Å²) in [7, 11) is 0. The molecule has 0 saturated heterocycles. The highest BCUT2D eigenvalue weighted by atomic mass is 35.5. The van der Waals surface area contributed by atoms with E-state index in [1.54, 1.807) is 48.5 Å². The number of benzene rings is 2. The van der Waals surface area contributed by atoms with Gasteiger partial charge in [0.2, 0.25) is 5.91 Å². The Morgan fingerprint density at radius 1 is 1.04 bits per heavy atom. The Balaban J connectivity index is 1.73. The molecule has 9 heteroatoms. The first-order valence-corrected chi connectivity index (χ1v) is 8.30. The second-order valence-corrected chi connectivity index (χ2v) is 5.85. The van der Waals surface area contributed by atoms with Crippen LogP contribution in [0.3, 0.4) is 0 Å². The number of hydrogen-bond donors (Lipinski definition) is 4. The number of rotatable bonds is 6. The number of halogens is 1. The highest BCUT2D eigenvalue weighted by molar-refractivity contribution is 6.30. The predicted octanol–water partition coefficient (Wildman–Crippen LogP) is 2.57. The van der Waals surface area contributed by atoms with Gasteiger partial charge in [0.15, 0.2) is 0 Å². The molecule has 27 heavy (non-hydrogen) atoms. The maximum Gasteiger partial charge on any atom is 0.319 e. The van der Waals surface area contributed by atoms with Gasteiger partial charge in [-0.2, -0.15) is 5.10 Å². The second kappa shape index (κ2) is 9.93. The van der Waals surface area contributed by atoms with Gasteiger partial charge in [-0.3, -0.25) is 9.59 Å². The third kappa shape index (κ3) is 7.57. The van der Waals surface area contributed by atoms with Crippen LogP contribution >= 0.6 is 11.6 Å². The number of amides is 4. The molecule has 0 unspecified atom stereocenters. The first kappa shape index (κ1) is 19.9. The van der Waals surface area contributed by atoms with Gasteiger partial charge in [0.25, 0.3) is 5.91 Å². The number of nitrogens with one attached hydrogen (secondary N) is 4. The van der Waals surface area contributed by atoms with Gasteiger partial charge in [-0.05, 0) is 35.9 Å². The van der Waals surface area contributed by atoms with Gasteiger partial charge in [-0.1, -0.05) is 29.8 Å². The summed E-state index contributed by atoms with van der Waals surface area (Å²) in [5, 5.41) is 11.9. The zero-order chi connectivity index (χ0) is 19.6. The molecule has 2 aromatic carbocycles. The van der Waals surface area contributed by atoms with Crippen molar-refractivity contribution in [1.29, 1.82) is 0 Å². The number of carbonyl (C=O) groups excluding carboxylic acids is 3. The molecule has 0 fully saturated rings. The molecule has 0 aliphatic carbocycles. The summed E-state index contributed by atoms with van der Waals surface area (Å²) >= 11 is 5.82. The molecule has 8 nitrogen and oxygen atoms in total.